The van der Waals surface area contributed by atoms with Gasteiger partial charge in [0.25, 0.3) is 0 Å². The summed E-state index contributed by atoms with van der Waals surface area (Å²) >= 11 is 2.27. The molecule has 0 unspecified atom stereocenters. The molecule has 67 valence electrons. The van der Waals surface area contributed by atoms with Crippen molar-refractivity contribution in [1.29, 1.82) is 0 Å². The summed E-state index contributed by atoms with van der Waals surface area (Å²) < 4.78 is 1.36. The van der Waals surface area contributed by atoms with Crippen molar-refractivity contribution in [2.45, 2.75) is 50.7 Å². The van der Waals surface area contributed by atoms with Gasteiger partial charge in [-0.05, 0) is 0 Å². The van der Waals surface area contributed by atoms with E-state index in [2.05, 4.69) is 34.3 Å². The van der Waals surface area contributed by atoms with E-state index in [9.17, 15) is 0 Å². The minimum absolute atomic E-state index is 0. The topological polar surface area (TPSA) is 31.5 Å². The van der Waals surface area contributed by atoms with Crippen LogP contribution in [0.3, 0.4) is 0 Å². The normalized spacial score (nSPS) is 9.64. The third-order valence-corrected chi connectivity index (χ3v) is 2.26. The van der Waals surface area contributed by atoms with Crippen LogP contribution < -0.4 is 0 Å². The molecule has 0 aromatic rings. The Morgan fingerprint density at radius 3 is 2.00 bits per heavy atom. The van der Waals surface area contributed by atoms with E-state index in [4.69, 9.17) is 0 Å². The molecule has 0 heterocycles. The quantitative estimate of drug-likeness (QED) is 0.458. The average Bonchev–Trinajstić information content (AvgIpc) is 1.87. The Labute approximate surface area is 82.7 Å². The van der Waals surface area contributed by atoms with Crippen LogP contribution in [0.1, 0.15) is 46.0 Å². The molecule has 0 aromatic carbocycles. The van der Waals surface area contributed by atoms with E-state index in [1.165, 1.54) is 36.8 Å². The van der Waals surface area contributed by atoms with Gasteiger partial charge in [0.1, 0.15) is 0 Å². The summed E-state index contributed by atoms with van der Waals surface area (Å²) in [5, 5.41) is 0. The molecule has 0 spiro atoms. The van der Waals surface area contributed by atoms with Crippen LogP contribution in [-0.4, -0.2) is 5.48 Å². The SMILES string of the molecule is CC(C)CCCCC[CH2][Ti].O. The fraction of sp³-hybridized carbons (Fsp3) is 1.00. The largest absolute Gasteiger partial charge is 0.412 e. The number of hydrogen-bond donors (Lipinski definition) is 0. The molecule has 1 nitrogen and oxygen atoms in total. The summed E-state index contributed by atoms with van der Waals surface area (Å²) in [4.78, 5) is 0. The molecule has 0 aliphatic heterocycles. The summed E-state index contributed by atoms with van der Waals surface area (Å²) in [6.07, 6.45) is 7.19. The molecule has 2 heteroatoms. The zero-order chi connectivity index (χ0) is 7.82. The fourth-order valence-electron chi connectivity index (χ4n) is 1.03. The summed E-state index contributed by atoms with van der Waals surface area (Å²) in [6, 6.07) is 0. The second-order valence-corrected chi connectivity index (χ2v) is 4.13. The number of unbranched alkanes of at least 4 members (excludes halogenated alkanes) is 3. The molecule has 11 heavy (non-hydrogen) atoms. The second kappa shape index (κ2) is 10.7. The Kier molecular flexibility index (Phi) is 13.8. The maximum Gasteiger partial charge on any atom is -0.412 e. The summed E-state index contributed by atoms with van der Waals surface area (Å²) in [5.41, 5.74) is 0. The molecule has 0 atom stereocenters. The van der Waals surface area contributed by atoms with Gasteiger partial charge in [-0.15, -0.1) is 0 Å². The van der Waals surface area contributed by atoms with Gasteiger partial charge >= 0.3 is 77.0 Å². The van der Waals surface area contributed by atoms with E-state index in [1.54, 1.807) is 0 Å². The van der Waals surface area contributed by atoms with Gasteiger partial charge < -0.3 is 5.48 Å². The molecule has 0 aromatic heterocycles. The molecular weight excluding hydrogens is 172 g/mol. The maximum absolute atomic E-state index is 2.31. The van der Waals surface area contributed by atoms with Crippen LogP contribution in [0.25, 0.3) is 0 Å². The molecule has 2 N–H and O–H groups in total. The molecule has 0 saturated carbocycles. The molecule has 0 fully saturated rings. The molecule has 0 amide bonds. The van der Waals surface area contributed by atoms with E-state index >= 15 is 0 Å². The maximum atomic E-state index is 2.31. The molecule has 0 radical (unpaired) electrons. The fourth-order valence-corrected chi connectivity index (χ4v) is 1.42. The Balaban J connectivity index is 0. The molecular formula is C9H21OTi. The molecule has 0 aliphatic rings. The van der Waals surface area contributed by atoms with Gasteiger partial charge in [0.05, 0.1) is 0 Å². The zero-order valence-corrected chi connectivity index (χ0v) is 9.38. The first-order chi connectivity index (χ1) is 4.77. The Hall–Kier alpha value is 0.674. The minimum Gasteiger partial charge on any atom is -0.412 e. The first kappa shape index (κ1) is 14.2. The van der Waals surface area contributed by atoms with Crippen LogP contribution in [0.5, 0.6) is 0 Å². The second-order valence-electron chi connectivity index (χ2n) is 3.35. The van der Waals surface area contributed by atoms with E-state index in [0.717, 1.165) is 5.92 Å². The van der Waals surface area contributed by atoms with Crippen molar-refractivity contribution in [2.75, 3.05) is 0 Å². The van der Waals surface area contributed by atoms with Gasteiger partial charge in [0, 0.05) is 0 Å². The van der Waals surface area contributed by atoms with Gasteiger partial charge in [-0.1, -0.05) is 0 Å². The smallest absolute Gasteiger partial charge is 0.412 e. The number of hydrogen-bond acceptors (Lipinski definition) is 0. The molecule has 0 saturated heterocycles. The first-order valence-corrected chi connectivity index (χ1v) is 5.52. The third kappa shape index (κ3) is 13.6. The molecule has 0 rings (SSSR count). The van der Waals surface area contributed by atoms with Crippen molar-refractivity contribution >= 4 is 0 Å². The van der Waals surface area contributed by atoms with E-state index in [-0.39, 0.29) is 5.48 Å². The minimum atomic E-state index is 0. The van der Waals surface area contributed by atoms with Crippen LogP contribution >= 0.6 is 0 Å². The Morgan fingerprint density at radius 2 is 1.55 bits per heavy atom. The standard InChI is InChI=1S/C9H19.H2O.Ti/c1-4-5-6-7-8-9(2)3;;/h9H,1,4-8H2,2-3H3;1H2;. The monoisotopic (exact) mass is 193 g/mol. The Bertz CT molecular complexity index is 64.6. The predicted molar refractivity (Wildman–Crippen MR) is 46.3 cm³/mol. The Morgan fingerprint density at radius 1 is 1.00 bits per heavy atom. The summed E-state index contributed by atoms with van der Waals surface area (Å²) in [6.45, 7) is 4.61. The van der Waals surface area contributed by atoms with E-state index in [1.807, 2.05) is 0 Å². The number of rotatable bonds is 6. The van der Waals surface area contributed by atoms with E-state index < -0.39 is 0 Å². The zero-order valence-electron chi connectivity index (χ0n) is 7.82. The van der Waals surface area contributed by atoms with Crippen molar-refractivity contribution in [3.05, 3.63) is 0 Å². The predicted octanol–water partition coefficient (Wildman–Crippen LogP) is 2.73. The van der Waals surface area contributed by atoms with Gasteiger partial charge in [-0.25, -0.2) is 0 Å². The van der Waals surface area contributed by atoms with Crippen LogP contribution in [0.15, 0.2) is 0 Å². The summed E-state index contributed by atoms with van der Waals surface area (Å²) in [7, 11) is 0. The van der Waals surface area contributed by atoms with E-state index in [0.29, 0.717) is 0 Å². The average molecular weight is 193 g/mol. The van der Waals surface area contributed by atoms with Crippen LogP contribution in [0.4, 0.5) is 0 Å². The van der Waals surface area contributed by atoms with Crippen molar-refractivity contribution in [1.82, 2.24) is 0 Å². The van der Waals surface area contributed by atoms with Crippen molar-refractivity contribution in [2.24, 2.45) is 5.92 Å². The summed E-state index contributed by atoms with van der Waals surface area (Å²) in [5.74, 6) is 0.904. The van der Waals surface area contributed by atoms with Crippen molar-refractivity contribution in [3.8, 4) is 0 Å². The van der Waals surface area contributed by atoms with Gasteiger partial charge in [0.15, 0.2) is 0 Å². The van der Waals surface area contributed by atoms with Crippen molar-refractivity contribution < 1.29 is 25.9 Å². The van der Waals surface area contributed by atoms with Crippen LogP contribution in [0.2, 0.25) is 4.73 Å². The van der Waals surface area contributed by atoms with Crippen LogP contribution in [-0.2, 0) is 20.4 Å². The molecule has 0 aliphatic carbocycles. The molecule has 0 bridgehead atoms. The van der Waals surface area contributed by atoms with Gasteiger partial charge in [-0.3, -0.25) is 0 Å². The third-order valence-electron chi connectivity index (χ3n) is 1.71. The van der Waals surface area contributed by atoms with Crippen LogP contribution in [0, 0.1) is 5.92 Å². The first-order valence-electron chi connectivity index (χ1n) is 4.42. The van der Waals surface area contributed by atoms with Gasteiger partial charge in [-0.2, -0.15) is 0 Å². The van der Waals surface area contributed by atoms with Crippen molar-refractivity contribution in [3.63, 3.8) is 0 Å². The van der Waals surface area contributed by atoms with Gasteiger partial charge in [0.2, 0.25) is 0 Å².